The Labute approximate surface area is 146 Å². The number of likely N-dealkylation sites (N-methyl/N-ethyl adjacent to an activating group) is 2. The summed E-state index contributed by atoms with van der Waals surface area (Å²) in [6, 6.07) is 10.4. The van der Waals surface area contributed by atoms with Crippen molar-refractivity contribution in [3.63, 3.8) is 0 Å². The van der Waals surface area contributed by atoms with E-state index >= 15 is 0 Å². The number of likely N-dealkylation sites (tertiary alicyclic amines) is 1. The molecule has 0 aromatic heterocycles. The van der Waals surface area contributed by atoms with Crippen LogP contribution in [0.2, 0.25) is 0 Å². The Morgan fingerprint density at radius 2 is 1.96 bits per heavy atom. The fourth-order valence-electron chi connectivity index (χ4n) is 3.00. The highest BCUT2D eigenvalue weighted by atomic mass is 16.5. The topological polar surface area (TPSA) is 36.0 Å². The molecule has 1 heterocycles. The lowest BCUT2D eigenvalue weighted by Crippen LogP contribution is -2.50. The molecule has 1 unspecified atom stereocenters. The van der Waals surface area contributed by atoms with Crippen molar-refractivity contribution >= 4 is 5.91 Å². The summed E-state index contributed by atoms with van der Waals surface area (Å²) in [5.41, 5.74) is 1.10. The van der Waals surface area contributed by atoms with Crippen LogP contribution < -0.4 is 0 Å². The first-order valence-corrected chi connectivity index (χ1v) is 8.80. The highest BCUT2D eigenvalue weighted by Gasteiger charge is 2.26. The van der Waals surface area contributed by atoms with Crippen LogP contribution in [0.15, 0.2) is 30.3 Å². The molecule has 0 radical (unpaired) electrons. The number of benzene rings is 1. The van der Waals surface area contributed by atoms with E-state index in [1.165, 1.54) is 6.42 Å². The normalized spacial score (nSPS) is 18.4. The summed E-state index contributed by atoms with van der Waals surface area (Å²) in [6.45, 7) is 4.41. The molecule has 2 rings (SSSR count). The van der Waals surface area contributed by atoms with Gasteiger partial charge in [-0.2, -0.15) is 0 Å². The van der Waals surface area contributed by atoms with Crippen molar-refractivity contribution in [3.05, 3.63) is 35.9 Å². The third-order valence-electron chi connectivity index (χ3n) is 4.61. The molecular formula is C19H31N3O2. The van der Waals surface area contributed by atoms with E-state index in [1.54, 1.807) is 0 Å². The minimum absolute atomic E-state index is 0.108. The van der Waals surface area contributed by atoms with Gasteiger partial charge in [0.15, 0.2) is 0 Å². The summed E-state index contributed by atoms with van der Waals surface area (Å²) in [5, 5.41) is 0. The number of hydrogen-bond donors (Lipinski definition) is 0. The second-order valence-corrected chi connectivity index (χ2v) is 6.90. The molecule has 24 heavy (non-hydrogen) atoms. The molecule has 134 valence electrons. The Hall–Kier alpha value is -1.43. The molecule has 1 aliphatic heterocycles. The molecule has 1 saturated heterocycles. The van der Waals surface area contributed by atoms with Gasteiger partial charge in [0.2, 0.25) is 5.91 Å². The van der Waals surface area contributed by atoms with Crippen LogP contribution in [0.1, 0.15) is 18.4 Å². The highest BCUT2D eigenvalue weighted by Crippen LogP contribution is 2.15. The molecule has 0 saturated carbocycles. The summed E-state index contributed by atoms with van der Waals surface area (Å²) >= 11 is 0. The lowest BCUT2D eigenvalue weighted by molar-refractivity contribution is -0.138. The number of carbonyl (C=O) groups excluding carboxylic acids is 1. The monoisotopic (exact) mass is 333 g/mol. The maximum atomic E-state index is 12.4. The van der Waals surface area contributed by atoms with Crippen molar-refractivity contribution in [2.75, 3.05) is 53.9 Å². The highest BCUT2D eigenvalue weighted by molar-refractivity contribution is 5.77. The van der Waals surface area contributed by atoms with Crippen LogP contribution in [0, 0.1) is 0 Å². The number of hydrogen-bond acceptors (Lipinski definition) is 4. The van der Waals surface area contributed by atoms with Crippen LogP contribution in [0.3, 0.4) is 0 Å². The zero-order valence-electron chi connectivity index (χ0n) is 15.3. The first-order valence-electron chi connectivity index (χ1n) is 8.80. The molecule has 1 aromatic carbocycles. The van der Waals surface area contributed by atoms with Crippen molar-refractivity contribution in [1.29, 1.82) is 0 Å². The minimum Gasteiger partial charge on any atom is -0.367 e. The van der Waals surface area contributed by atoms with E-state index in [2.05, 4.69) is 30.9 Å². The maximum absolute atomic E-state index is 12.4. The zero-order chi connectivity index (χ0) is 17.4. The average molecular weight is 333 g/mol. The Morgan fingerprint density at radius 1 is 1.21 bits per heavy atom. The Morgan fingerprint density at radius 3 is 2.67 bits per heavy atom. The maximum Gasteiger partial charge on any atom is 0.248 e. The van der Waals surface area contributed by atoms with Gasteiger partial charge in [-0.1, -0.05) is 30.3 Å². The first kappa shape index (κ1) is 18.9. The molecule has 1 fully saturated rings. The lowest BCUT2D eigenvalue weighted by atomic mass is 10.0. The average Bonchev–Trinajstić information content (AvgIpc) is 2.60. The standard InChI is InChI=1S/C19H31N3O2/c1-20(2)12-13-21(3)18-10-7-11-22(14-18)19(23)16-24-15-17-8-5-4-6-9-17/h4-6,8-9,18H,7,10-16H2,1-3H3. The molecule has 0 aliphatic carbocycles. The van der Waals surface area contributed by atoms with Crippen LogP contribution in [0.4, 0.5) is 0 Å². The Kier molecular flexibility index (Phi) is 7.69. The van der Waals surface area contributed by atoms with Gasteiger partial charge in [0.1, 0.15) is 6.61 Å². The largest absolute Gasteiger partial charge is 0.367 e. The van der Waals surface area contributed by atoms with Gasteiger partial charge < -0.3 is 19.4 Å². The van der Waals surface area contributed by atoms with Crippen LogP contribution in [-0.4, -0.2) is 80.6 Å². The predicted molar refractivity (Wildman–Crippen MR) is 96.9 cm³/mol. The predicted octanol–water partition coefficient (Wildman–Crippen LogP) is 1.69. The second-order valence-electron chi connectivity index (χ2n) is 6.90. The van der Waals surface area contributed by atoms with Crippen LogP contribution in [-0.2, 0) is 16.1 Å². The lowest BCUT2D eigenvalue weighted by Gasteiger charge is -2.38. The van der Waals surface area contributed by atoms with Crippen molar-refractivity contribution in [1.82, 2.24) is 14.7 Å². The van der Waals surface area contributed by atoms with Gasteiger partial charge in [-0.25, -0.2) is 0 Å². The molecule has 1 aromatic rings. The fourth-order valence-corrected chi connectivity index (χ4v) is 3.00. The molecular weight excluding hydrogens is 302 g/mol. The molecule has 5 nitrogen and oxygen atoms in total. The molecule has 1 amide bonds. The van der Waals surface area contributed by atoms with E-state index in [1.807, 2.05) is 35.2 Å². The molecule has 5 heteroatoms. The Bertz CT molecular complexity index is 493. The molecule has 1 aliphatic rings. The van der Waals surface area contributed by atoms with Gasteiger partial charge in [0, 0.05) is 32.2 Å². The van der Waals surface area contributed by atoms with Crippen LogP contribution >= 0.6 is 0 Å². The molecule has 0 bridgehead atoms. The van der Waals surface area contributed by atoms with E-state index in [-0.39, 0.29) is 12.5 Å². The number of nitrogens with zero attached hydrogens (tertiary/aromatic N) is 3. The van der Waals surface area contributed by atoms with Crippen molar-refractivity contribution in [2.45, 2.75) is 25.5 Å². The minimum atomic E-state index is 0.108. The van der Waals surface area contributed by atoms with E-state index in [0.717, 1.165) is 38.2 Å². The van der Waals surface area contributed by atoms with Crippen molar-refractivity contribution in [3.8, 4) is 0 Å². The Balaban J connectivity index is 1.73. The molecule has 0 spiro atoms. The number of ether oxygens (including phenoxy) is 1. The van der Waals surface area contributed by atoms with Gasteiger partial charge in [0.05, 0.1) is 6.61 Å². The summed E-state index contributed by atoms with van der Waals surface area (Å²) in [6.07, 6.45) is 2.24. The van der Waals surface area contributed by atoms with Crippen LogP contribution in [0.5, 0.6) is 0 Å². The number of piperidine rings is 1. The van der Waals surface area contributed by atoms with Gasteiger partial charge in [0.25, 0.3) is 0 Å². The van der Waals surface area contributed by atoms with E-state index in [0.29, 0.717) is 12.6 Å². The van der Waals surface area contributed by atoms with Crippen molar-refractivity contribution < 1.29 is 9.53 Å². The summed E-state index contributed by atoms with van der Waals surface area (Å²) in [7, 11) is 6.34. The molecule has 0 N–H and O–H groups in total. The number of amides is 1. The van der Waals surface area contributed by atoms with Gasteiger partial charge in [-0.3, -0.25) is 4.79 Å². The smallest absolute Gasteiger partial charge is 0.248 e. The fraction of sp³-hybridized carbons (Fsp3) is 0.632. The quantitative estimate of drug-likeness (QED) is 0.725. The zero-order valence-corrected chi connectivity index (χ0v) is 15.3. The van der Waals surface area contributed by atoms with Crippen molar-refractivity contribution in [2.24, 2.45) is 0 Å². The van der Waals surface area contributed by atoms with Gasteiger partial charge in [-0.15, -0.1) is 0 Å². The van der Waals surface area contributed by atoms with E-state index in [9.17, 15) is 4.79 Å². The summed E-state index contributed by atoms with van der Waals surface area (Å²) in [4.78, 5) is 18.9. The van der Waals surface area contributed by atoms with Gasteiger partial charge >= 0.3 is 0 Å². The number of rotatable bonds is 8. The van der Waals surface area contributed by atoms with Crippen LogP contribution in [0.25, 0.3) is 0 Å². The third-order valence-corrected chi connectivity index (χ3v) is 4.61. The second kappa shape index (κ2) is 9.77. The SMILES string of the molecule is CN(C)CCN(C)C1CCCN(C(=O)COCc2ccccc2)C1. The summed E-state index contributed by atoms with van der Waals surface area (Å²) in [5.74, 6) is 0.108. The van der Waals surface area contributed by atoms with E-state index < -0.39 is 0 Å². The molecule has 1 atom stereocenters. The third kappa shape index (κ3) is 6.23. The first-order chi connectivity index (χ1) is 11.6. The van der Waals surface area contributed by atoms with Gasteiger partial charge in [-0.05, 0) is 39.5 Å². The summed E-state index contributed by atoms with van der Waals surface area (Å²) < 4.78 is 5.60. The number of carbonyl (C=O) groups is 1. The van der Waals surface area contributed by atoms with E-state index in [4.69, 9.17) is 4.74 Å².